The fourth-order valence-electron chi connectivity index (χ4n) is 1.50. The summed E-state index contributed by atoms with van der Waals surface area (Å²) in [5, 5.41) is 0. The fourth-order valence-corrected chi connectivity index (χ4v) is 1.50. The molecule has 0 spiro atoms. The van der Waals surface area contributed by atoms with Crippen molar-refractivity contribution in [1.82, 2.24) is 0 Å². The van der Waals surface area contributed by atoms with Crippen molar-refractivity contribution in [3.05, 3.63) is 28.8 Å². The SMILES string of the molecule is CC(=O)c1c(N)ccc(C(F)(F)F)c1C(F)F. The monoisotopic (exact) mass is 253 g/mol. The first-order chi connectivity index (χ1) is 7.66. The first-order valence-corrected chi connectivity index (χ1v) is 4.45. The summed E-state index contributed by atoms with van der Waals surface area (Å²) in [6, 6.07) is 1.24. The summed E-state index contributed by atoms with van der Waals surface area (Å²) in [5.41, 5.74) is 1.20. The van der Waals surface area contributed by atoms with Gasteiger partial charge < -0.3 is 5.73 Å². The van der Waals surface area contributed by atoms with Crippen LogP contribution in [0.25, 0.3) is 0 Å². The second-order valence-corrected chi connectivity index (χ2v) is 3.35. The summed E-state index contributed by atoms with van der Waals surface area (Å²) in [6.45, 7) is 0.887. The third kappa shape index (κ3) is 2.54. The minimum atomic E-state index is -4.95. The molecule has 0 amide bonds. The number of carbonyl (C=O) groups excluding carboxylic acids is 1. The number of nitrogen functional groups attached to an aromatic ring is 1. The molecule has 1 rings (SSSR count). The molecular formula is C10H8F5NO. The third-order valence-corrected chi connectivity index (χ3v) is 2.15. The Balaban J connectivity index is 3.65. The topological polar surface area (TPSA) is 43.1 Å². The van der Waals surface area contributed by atoms with Crippen LogP contribution in [0.2, 0.25) is 0 Å². The van der Waals surface area contributed by atoms with Crippen LogP contribution < -0.4 is 5.73 Å². The van der Waals surface area contributed by atoms with E-state index in [1.165, 1.54) is 0 Å². The van der Waals surface area contributed by atoms with Crippen molar-refractivity contribution in [3.8, 4) is 0 Å². The summed E-state index contributed by atoms with van der Waals surface area (Å²) >= 11 is 0. The van der Waals surface area contributed by atoms with Crippen LogP contribution in [-0.2, 0) is 6.18 Å². The molecule has 0 radical (unpaired) electrons. The number of hydrogen-bond acceptors (Lipinski definition) is 2. The van der Waals surface area contributed by atoms with Gasteiger partial charge in [0, 0.05) is 16.8 Å². The van der Waals surface area contributed by atoms with Gasteiger partial charge in [-0.1, -0.05) is 0 Å². The van der Waals surface area contributed by atoms with Gasteiger partial charge in [0.05, 0.1) is 5.56 Å². The summed E-state index contributed by atoms with van der Waals surface area (Å²) in [4.78, 5) is 11.1. The van der Waals surface area contributed by atoms with Gasteiger partial charge in [-0.15, -0.1) is 0 Å². The normalized spacial score (nSPS) is 11.9. The number of hydrogen-bond donors (Lipinski definition) is 1. The highest BCUT2D eigenvalue weighted by Crippen LogP contribution is 2.39. The summed E-state index contributed by atoms with van der Waals surface area (Å²) in [6.07, 6.45) is -8.38. The van der Waals surface area contributed by atoms with Gasteiger partial charge in [0.25, 0.3) is 6.43 Å². The second-order valence-electron chi connectivity index (χ2n) is 3.35. The largest absolute Gasteiger partial charge is 0.416 e. The molecule has 0 atom stereocenters. The number of halogens is 5. The lowest BCUT2D eigenvalue weighted by Gasteiger charge is -2.16. The standard InChI is InChI=1S/C10H8F5NO/c1-4(17)7-6(16)3-2-5(10(13,14)15)8(7)9(11)12/h2-3,9H,16H2,1H3. The summed E-state index contributed by atoms with van der Waals surface area (Å²) < 4.78 is 62.8. The van der Waals surface area contributed by atoms with Crippen molar-refractivity contribution in [2.45, 2.75) is 19.5 Å². The number of nitrogens with two attached hydrogens (primary N) is 1. The van der Waals surface area contributed by atoms with Crippen molar-refractivity contribution >= 4 is 11.5 Å². The van der Waals surface area contributed by atoms with Crippen LogP contribution in [0.4, 0.5) is 27.6 Å². The van der Waals surface area contributed by atoms with E-state index in [1.54, 1.807) is 0 Å². The highest BCUT2D eigenvalue weighted by molar-refractivity contribution is 6.01. The Morgan fingerprint density at radius 3 is 2.18 bits per heavy atom. The molecular weight excluding hydrogens is 245 g/mol. The maximum absolute atomic E-state index is 12.7. The fraction of sp³-hybridized carbons (Fsp3) is 0.300. The molecule has 0 aliphatic carbocycles. The second kappa shape index (κ2) is 4.31. The molecule has 0 aliphatic heterocycles. The van der Waals surface area contributed by atoms with Gasteiger partial charge in [-0.2, -0.15) is 13.2 Å². The van der Waals surface area contributed by atoms with Crippen LogP contribution in [0.3, 0.4) is 0 Å². The zero-order valence-electron chi connectivity index (χ0n) is 8.61. The molecule has 2 N–H and O–H groups in total. The smallest absolute Gasteiger partial charge is 0.398 e. The van der Waals surface area contributed by atoms with E-state index in [0.29, 0.717) is 6.07 Å². The van der Waals surface area contributed by atoms with E-state index >= 15 is 0 Å². The van der Waals surface area contributed by atoms with Gasteiger partial charge in [-0.3, -0.25) is 4.79 Å². The molecule has 0 saturated carbocycles. The van der Waals surface area contributed by atoms with E-state index < -0.39 is 35.1 Å². The number of alkyl halides is 5. The lowest BCUT2D eigenvalue weighted by atomic mass is 9.96. The van der Waals surface area contributed by atoms with Gasteiger partial charge in [-0.25, -0.2) is 8.78 Å². The van der Waals surface area contributed by atoms with Gasteiger partial charge in [-0.05, 0) is 19.1 Å². The molecule has 94 valence electrons. The Morgan fingerprint density at radius 1 is 1.29 bits per heavy atom. The Bertz CT molecular complexity index is 453. The third-order valence-electron chi connectivity index (χ3n) is 2.15. The van der Waals surface area contributed by atoms with Crippen LogP contribution in [0.5, 0.6) is 0 Å². The first-order valence-electron chi connectivity index (χ1n) is 4.45. The van der Waals surface area contributed by atoms with Crippen LogP contribution >= 0.6 is 0 Å². The molecule has 0 aliphatic rings. The van der Waals surface area contributed by atoms with Crippen LogP contribution in [-0.4, -0.2) is 5.78 Å². The van der Waals surface area contributed by atoms with Gasteiger partial charge >= 0.3 is 6.18 Å². The van der Waals surface area contributed by atoms with Crippen molar-refractivity contribution in [1.29, 1.82) is 0 Å². The Kier molecular flexibility index (Phi) is 3.40. The highest BCUT2D eigenvalue weighted by Gasteiger charge is 2.38. The predicted molar refractivity (Wildman–Crippen MR) is 50.8 cm³/mol. The molecule has 1 aromatic rings. The Hall–Kier alpha value is -1.66. The van der Waals surface area contributed by atoms with Crippen molar-refractivity contribution in [3.63, 3.8) is 0 Å². The minimum absolute atomic E-state index is 0.388. The quantitative estimate of drug-likeness (QED) is 0.498. The van der Waals surface area contributed by atoms with Gasteiger partial charge in [0.2, 0.25) is 0 Å². The maximum atomic E-state index is 12.7. The number of anilines is 1. The van der Waals surface area contributed by atoms with Crippen LogP contribution in [0.15, 0.2) is 12.1 Å². The van der Waals surface area contributed by atoms with E-state index in [9.17, 15) is 26.7 Å². The molecule has 0 aromatic heterocycles. The maximum Gasteiger partial charge on any atom is 0.416 e. The zero-order valence-corrected chi connectivity index (χ0v) is 8.61. The Morgan fingerprint density at radius 2 is 1.82 bits per heavy atom. The molecule has 7 heteroatoms. The van der Waals surface area contributed by atoms with E-state index in [0.717, 1.165) is 13.0 Å². The number of Topliss-reactive ketones (excluding diaryl/α,β-unsaturated/α-hetero) is 1. The summed E-state index contributed by atoms with van der Waals surface area (Å²) in [5.74, 6) is -0.927. The Labute approximate surface area is 93.2 Å². The van der Waals surface area contributed by atoms with Gasteiger partial charge in [0.15, 0.2) is 5.78 Å². The van der Waals surface area contributed by atoms with E-state index in [-0.39, 0.29) is 5.69 Å². The van der Waals surface area contributed by atoms with E-state index in [1.807, 2.05) is 0 Å². The molecule has 0 fully saturated rings. The number of ketones is 1. The highest BCUT2D eigenvalue weighted by atomic mass is 19.4. The minimum Gasteiger partial charge on any atom is -0.398 e. The number of rotatable bonds is 2. The molecule has 0 saturated heterocycles. The molecule has 0 heterocycles. The average Bonchev–Trinajstić information content (AvgIpc) is 2.14. The van der Waals surface area contributed by atoms with Crippen molar-refractivity contribution in [2.24, 2.45) is 0 Å². The molecule has 2 nitrogen and oxygen atoms in total. The van der Waals surface area contributed by atoms with Crippen molar-refractivity contribution < 1.29 is 26.7 Å². The molecule has 0 unspecified atom stereocenters. The summed E-state index contributed by atoms with van der Waals surface area (Å²) in [7, 11) is 0. The first kappa shape index (κ1) is 13.4. The van der Waals surface area contributed by atoms with Crippen LogP contribution in [0.1, 0.15) is 34.8 Å². The lowest BCUT2D eigenvalue weighted by Crippen LogP contribution is -2.15. The van der Waals surface area contributed by atoms with E-state index in [2.05, 4.69) is 0 Å². The van der Waals surface area contributed by atoms with Crippen molar-refractivity contribution in [2.75, 3.05) is 5.73 Å². The molecule has 17 heavy (non-hydrogen) atoms. The van der Waals surface area contributed by atoms with Crippen LogP contribution in [0, 0.1) is 0 Å². The molecule has 0 bridgehead atoms. The number of carbonyl (C=O) groups is 1. The predicted octanol–water partition coefficient (Wildman–Crippen LogP) is 3.43. The van der Waals surface area contributed by atoms with E-state index in [4.69, 9.17) is 5.73 Å². The average molecular weight is 253 g/mol. The molecule has 1 aromatic carbocycles. The number of benzene rings is 1. The zero-order chi connectivity index (χ0) is 13.4. The van der Waals surface area contributed by atoms with Gasteiger partial charge in [0.1, 0.15) is 0 Å². The lowest BCUT2D eigenvalue weighted by molar-refractivity contribution is -0.139.